The van der Waals surface area contributed by atoms with Gasteiger partial charge in [-0.15, -0.1) is 0 Å². The number of hydrogen-bond acceptors (Lipinski definition) is 6. The minimum Gasteiger partial charge on any atom is -0.507 e. The molecule has 1 unspecified atom stereocenters. The Labute approximate surface area is 163 Å². The molecule has 0 radical (unpaired) electrons. The fraction of sp³-hybridized carbons (Fsp3) is 0.286. The van der Waals surface area contributed by atoms with E-state index in [1.165, 1.54) is 17.3 Å². The van der Waals surface area contributed by atoms with Gasteiger partial charge < -0.3 is 19.6 Å². The van der Waals surface area contributed by atoms with Gasteiger partial charge in [0.15, 0.2) is 0 Å². The molecule has 1 fully saturated rings. The van der Waals surface area contributed by atoms with Crippen LogP contribution in [0.1, 0.15) is 17.2 Å². The number of carbonyl (C=O) groups excluding carboxylic acids is 2. The monoisotopic (exact) mass is 381 g/mol. The Morgan fingerprint density at radius 2 is 1.93 bits per heavy atom. The lowest BCUT2D eigenvalue weighted by Crippen LogP contribution is -2.35. The van der Waals surface area contributed by atoms with E-state index in [1.54, 1.807) is 37.4 Å². The summed E-state index contributed by atoms with van der Waals surface area (Å²) in [5, 5.41) is 10.9. The highest BCUT2D eigenvalue weighted by atomic mass is 16.5. The second kappa shape index (κ2) is 8.22. The van der Waals surface area contributed by atoms with E-state index in [0.717, 1.165) is 0 Å². The Morgan fingerprint density at radius 3 is 2.57 bits per heavy atom. The lowest BCUT2D eigenvalue weighted by atomic mass is 9.95. The highest BCUT2D eigenvalue weighted by Gasteiger charge is 2.45. The van der Waals surface area contributed by atoms with Crippen molar-refractivity contribution >= 4 is 17.4 Å². The third-order valence-electron chi connectivity index (χ3n) is 4.69. The van der Waals surface area contributed by atoms with Crippen molar-refractivity contribution < 1.29 is 19.4 Å². The molecule has 7 heteroatoms. The van der Waals surface area contributed by atoms with Gasteiger partial charge in [-0.05, 0) is 43.9 Å². The summed E-state index contributed by atoms with van der Waals surface area (Å²) >= 11 is 0. The van der Waals surface area contributed by atoms with Crippen LogP contribution in [-0.2, 0) is 9.59 Å². The van der Waals surface area contributed by atoms with Gasteiger partial charge in [-0.3, -0.25) is 14.6 Å². The van der Waals surface area contributed by atoms with Gasteiger partial charge in [-0.2, -0.15) is 0 Å². The molecule has 1 N–H and O–H groups in total. The number of Topliss-reactive ketones (excluding diaryl/α,β-unsaturated/α-hetero) is 1. The number of rotatable bonds is 6. The van der Waals surface area contributed by atoms with Crippen molar-refractivity contribution in [2.24, 2.45) is 0 Å². The molecule has 0 bridgehead atoms. The SMILES string of the molecule is COc1cccc(C2/C(=C(/O)c3ccncc3)C(=O)C(=O)N2CCN(C)C)c1. The molecule has 1 aromatic heterocycles. The van der Waals surface area contributed by atoms with Crippen LogP contribution in [0.2, 0.25) is 0 Å². The Morgan fingerprint density at radius 1 is 1.21 bits per heavy atom. The summed E-state index contributed by atoms with van der Waals surface area (Å²) in [6.07, 6.45) is 3.05. The summed E-state index contributed by atoms with van der Waals surface area (Å²) < 4.78 is 5.30. The van der Waals surface area contributed by atoms with Gasteiger partial charge >= 0.3 is 0 Å². The van der Waals surface area contributed by atoms with E-state index in [4.69, 9.17) is 4.74 Å². The maximum atomic E-state index is 12.8. The average Bonchev–Trinajstić information content (AvgIpc) is 2.97. The Bertz CT molecular complexity index is 909. The first-order chi connectivity index (χ1) is 13.4. The number of likely N-dealkylation sites (N-methyl/N-ethyl adjacent to an activating group) is 1. The van der Waals surface area contributed by atoms with E-state index in [0.29, 0.717) is 30.0 Å². The Hall–Kier alpha value is -3.19. The molecule has 1 saturated heterocycles. The van der Waals surface area contributed by atoms with Crippen LogP contribution in [-0.4, -0.2) is 65.9 Å². The van der Waals surface area contributed by atoms with E-state index in [1.807, 2.05) is 25.1 Å². The van der Waals surface area contributed by atoms with Gasteiger partial charge in [-0.1, -0.05) is 12.1 Å². The molecule has 1 aliphatic heterocycles. The molecule has 28 heavy (non-hydrogen) atoms. The predicted octanol–water partition coefficient (Wildman–Crippen LogP) is 2.07. The molecule has 1 atom stereocenters. The Kier molecular flexibility index (Phi) is 5.75. The van der Waals surface area contributed by atoms with Crippen LogP contribution in [0.3, 0.4) is 0 Å². The van der Waals surface area contributed by atoms with Crippen LogP contribution in [0.15, 0.2) is 54.4 Å². The Balaban J connectivity index is 2.15. The van der Waals surface area contributed by atoms with Crippen molar-refractivity contribution in [2.45, 2.75) is 6.04 Å². The van der Waals surface area contributed by atoms with Gasteiger partial charge in [0.05, 0.1) is 18.7 Å². The van der Waals surface area contributed by atoms with Crippen molar-refractivity contribution in [2.75, 3.05) is 34.3 Å². The van der Waals surface area contributed by atoms with Crippen LogP contribution in [0.4, 0.5) is 0 Å². The number of nitrogens with zero attached hydrogens (tertiary/aromatic N) is 3. The number of hydrogen-bond donors (Lipinski definition) is 1. The summed E-state index contributed by atoms with van der Waals surface area (Å²) in [6.45, 7) is 0.940. The molecule has 146 valence electrons. The first-order valence-corrected chi connectivity index (χ1v) is 8.91. The zero-order chi connectivity index (χ0) is 20.3. The first-order valence-electron chi connectivity index (χ1n) is 8.91. The van der Waals surface area contributed by atoms with Crippen LogP contribution >= 0.6 is 0 Å². The molecule has 3 rings (SSSR count). The van der Waals surface area contributed by atoms with Gasteiger partial charge in [0.2, 0.25) is 0 Å². The number of benzene rings is 1. The topological polar surface area (TPSA) is 83.0 Å². The van der Waals surface area contributed by atoms with Crippen molar-refractivity contribution in [1.29, 1.82) is 0 Å². The molecule has 1 aromatic carbocycles. The standard InChI is InChI=1S/C21H23N3O4/c1-23(2)11-12-24-18(15-5-4-6-16(13-15)28-3)17(20(26)21(24)27)19(25)14-7-9-22-10-8-14/h4-10,13,18,25H,11-12H2,1-3H3/b19-17-. The van der Waals surface area contributed by atoms with Crippen LogP contribution in [0.5, 0.6) is 5.75 Å². The van der Waals surface area contributed by atoms with Crippen molar-refractivity contribution in [1.82, 2.24) is 14.8 Å². The molecule has 0 aliphatic carbocycles. The lowest BCUT2D eigenvalue weighted by molar-refractivity contribution is -0.140. The molecule has 1 aliphatic rings. The number of aromatic nitrogens is 1. The molecule has 7 nitrogen and oxygen atoms in total. The zero-order valence-corrected chi connectivity index (χ0v) is 16.1. The van der Waals surface area contributed by atoms with Crippen LogP contribution in [0, 0.1) is 0 Å². The summed E-state index contributed by atoms with van der Waals surface area (Å²) in [7, 11) is 5.35. The van der Waals surface area contributed by atoms with Gasteiger partial charge in [0.25, 0.3) is 11.7 Å². The van der Waals surface area contributed by atoms with Crippen molar-refractivity contribution in [3.63, 3.8) is 0 Å². The van der Waals surface area contributed by atoms with Gasteiger partial charge in [0, 0.05) is 31.0 Å². The fourth-order valence-electron chi connectivity index (χ4n) is 3.24. The largest absolute Gasteiger partial charge is 0.507 e. The average molecular weight is 381 g/mol. The summed E-state index contributed by atoms with van der Waals surface area (Å²) in [5.41, 5.74) is 1.21. The number of aliphatic hydroxyl groups is 1. The summed E-state index contributed by atoms with van der Waals surface area (Å²) in [5.74, 6) is -0.910. The number of likely N-dealkylation sites (tertiary alicyclic amines) is 1. The van der Waals surface area contributed by atoms with Gasteiger partial charge in [0.1, 0.15) is 11.5 Å². The number of methoxy groups -OCH3 is 1. The molecular formula is C21H23N3O4. The van der Waals surface area contributed by atoms with E-state index in [9.17, 15) is 14.7 Å². The van der Waals surface area contributed by atoms with Crippen molar-refractivity contribution in [3.05, 3.63) is 65.5 Å². The second-order valence-corrected chi connectivity index (χ2v) is 6.81. The second-order valence-electron chi connectivity index (χ2n) is 6.81. The normalized spacial score (nSPS) is 18.7. The lowest BCUT2D eigenvalue weighted by Gasteiger charge is -2.26. The van der Waals surface area contributed by atoms with E-state index in [2.05, 4.69) is 4.98 Å². The molecule has 0 saturated carbocycles. The quantitative estimate of drug-likeness (QED) is 0.469. The maximum Gasteiger partial charge on any atom is 0.295 e. The number of aliphatic hydroxyl groups excluding tert-OH is 1. The highest BCUT2D eigenvalue weighted by Crippen LogP contribution is 2.39. The first kappa shape index (κ1) is 19.6. The molecule has 2 aromatic rings. The number of amides is 1. The summed E-state index contributed by atoms with van der Waals surface area (Å²) in [4.78, 5) is 33.0. The highest BCUT2D eigenvalue weighted by molar-refractivity contribution is 6.46. The number of ether oxygens (including phenoxy) is 1. The van der Waals surface area contributed by atoms with E-state index in [-0.39, 0.29) is 11.3 Å². The minimum absolute atomic E-state index is 0.0724. The predicted molar refractivity (Wildman–Crippen MR) is 105 cm³/mol. The third kappa shape index (κ3) is 3.75. The number of pyridine rings is 1. The van der Waals surface area contributed by atoms with E-state index >= 15 is 0 Å². The fourth-order valence-corrected chi connectivity index (χ4v) is 3.24. The molecule has 1 amide bonds. The molecule has 2 heterocycles. The van der Waals surface area contributed by atoms with Gasteiger partial charge in [-0.25, -0.2) is 0 Å². The summed E-state index contributed by atoms with van der Waals surface area (Å²) in [6, 6.07) is 9.70. The van der Waals surface area contributed by atoms with Crippen LogP contribution in [0.25, 0.3) is 5.76 Å². The minimum atomic E-state index is -0.694. The molecular weight excluding hydrogens is 358 g/mol. The van der Waals surface area contributed by atoms with Crippen LogP contribution < -0.4 is 4.74 Å². The molecule has 0 spiro atoms. The maximum absolute atomic E-state index is 12.8. The van der Waals surface area contributed by atoms with Crippen molar-refractivity contribution in [3.8, 4) is 5.75 Å². The number of ketones is 1. The van der Waals surface area contributed by atoms with E-state index < -0.39 is 17.7 Å². The zero-order valence-electron chi connectivity index (χ0n) is 16.1. The smallest absolute Gasteiger partial charge is 0.295 e. The number of carbonyl (C=O) groups is 2. The third-order valence-corrected chi connectivity index (χ3v) is 4.69.